The van der Waals surface area contributed by atoms with E-state index in [0.717, 1.165) is 10.5 Å². The first-order chi connectivity index (χ1) is 9.47. The standard InChI is InChI=1S/C13H15Cl2N3O2/c1-17(7-9-2-3-10(14)11(15)6-9)8-12(19)18-5-4-16-13(18)20/h2-3,6H,4-5,7-8H2,1H3,(H,16,20)/p+1. The largest absolute Gasteiger partial charge is 0.336 e. The highest BCUT2D eigenvalue weighted by Gasteiger charge is 2.28. The summed E-state index contributed by atoms with van der Waals surface area (Å²) in [4.78, 5) is 25.6. The van der Waals surface area contributed by atoms with Crippen LogP contribution in [0.1, 0.15) is 5.56 Å². The van der Waals surface area contributed by atoms with E-state index in [1.165, 1.54) is 4.90 Å². The van der Waals surface area contributed by atoms with Crippen LogP contribution in [0.4, 0.5) is 4.79 Å². The van der Waals surface area contributed by atoms with Crippen molar-refractivity contribution in [2.75, 3.05) is 26.7 Å². The number of carbonyl (C=O) groups is 2. The van der Waals surface area contributed by atoms with Crippen LogP contribution in [0.15, 0.2) is 18.2 Å². The fourth-order valence-electron chi connectivity index (χ4n) is 2.12. The van der Waals surface area contributed by atoms with Gasteiger partial charge in [-0.15, -0.1) is 0 Å². The number of rotatable bonds is 4. The van der Waals surface area contributed by atoms with Crippen molar-refractivity contribution in [1.82, 2.24) is 10.2 Å². The number of hydrogen-bond acceptors (Lipinski definition) is 2. The molecule has 1 aliphatic heterocycles. The molecule has 3 amide bonds. The molecule has 0 aliphatic carbocycles. The van der Waals surface area contributed by atoms with Crippen LogP contribution >= 0.6 is 23.2 Å². The molecule has 7 heteroatoms. The molecule has 0 spiro atoms. The summed E-state index contributed by atoms with van der Waals surface area (Å²) in [6.07, 6.45) is 0. The highest BCUT2D eigenvalue weighted by atomic mass is 35.5. The zero-order valence-electron chi connectivity index (χ0n) is 11.1. The van der Waals surface area contributed by atoms with Gasteiger partial charge in [0.05, 0.1) is 17.1 Å². The van der Waals surface area contributed by atoms with Gasteiger partial charge in [0.1, 0.15) is 6.54 Å². The molecular weight excluding hydrogens is 301 g/mol. The van der Waals surface area contributed by atoms with Crippen LogP contribution in [0.5, 0.6) is 0 Å². The summed E-state index contributed by atoms with van der Waals surface area (Å²) >= 11 is 11.8. The summed E-state index contributed by atoms with van der Waals surface area (Å²) in [5.74, 6) is -0.169. The molecule has 20 heavy (non-hydrogen) atoms. The summed E-state index contributed by atoms with van der Waals surface area (Å²) in [5, 5.41) is 3.63. The first-order valence-corrected chi connectivity index (χ1v) is 7.06. The lowest BCUT2D eigenvalue weighted by atomic mass is 10.2. The number of halogens is 2. The van der Waals surface area contributed by atoms with Gasteiger partial charge in [0.15, 0.2) is 6.54 Å². The normalized spacial score (nSPS) is 16.1. The quantitative estimate of drug-likeness (QED) is 0.853. The number of likely N-dealkylation sites (N-methyl/N-ethyl adjacent to an activating group) is 1. The highest BCUT2D eigenvalue weighted by molar-refractivity contribution is 6.42. The number of quaternary nitrogens is 1. The van der Waals surface area contributed by atoms with Crippen LogP contribution in [0, 0.1) is 0 Å². The third-order valence-corrected chi connectivity index (χ3v) is 3.84. The van der Waals surface area contributed by atoms with E-state index >= 15 is 0 Å². The van der Waals surface area contributed by atoms with Gasteiger partial charge >= 0.3 is 6.03 Å². The zero-order chi connectivity index (χ0) is 14.7. The number of hydrogen-bond donors (Lipinski definition) is 2. The Kier molecular flexibility index (Phi) is 4.86. The summed E-state index contributed by atoms with van der Waals surface area (Å²) in [7, 11) is 1.90. The van der Waals surface area contributed by atoms with Gasteiger partial charge in [-0.1, -0.05) is 29.3 Å². The molecule has 5 nitrogen and oxygen atoms in total. The van der Waals surface area contributed by atoms with Gasteiger partial charge in [0.25, 0.3) is 5.91 Å². The molecule has 1 atom stereocenters. The third-order valence-electron chi connectivity index (χ3n) is 3.10. The molecule has 108 valence electrons. The predicted octanol–water partition coefficient (Wildman–Crippen LogP) is 0.560. The number of carbonyl (C=O) groups excluding carboxylic acids is 2. The molecular formula is C13H16Cl2N3O2+. The van der Waals surface area contributed by atoms with Crippen molar-refractivity contribution in [3.05, 3.63) is 33.8 Å². The molecule has 1 unspecified atom stereocenters. The molecule has 1 aliphatic rings. The first-order valence-electron chi connectivity index (χ1n) is 6.31. The third kappa shape index (κ3) is 3.62. The molecule has 1 heterocycles. The lowest BCUT2D eigenvalue weighted by molar-refractivity contribution is -0.885. The second-order valence-electron chi connectivity index (χ2n) is 4.84. The predicted molar refractivity (Wildman–Crippen MR) is 77.0 cm³/mol. The average molecular weight is 317 g/mol. The number of nitrogens with zero attached hydrogens (tertiary/aromatic N) is 1. The first kappa shape index (κ1) is 15.1. The maximum absolute atomic E-state index is 12.0. The van der Waals surface area contributed by atoms with Crippen molar-refractivity contribution in [3.63, 3.8) is 0 Å². The van der Waals surface area contributed by atoms with Gasteiger partial charge in [0.2, 0.25) is 0 Å². The molecule has 1 fully saturated rings. The minimum atomic E-state index is -0.308. The smallest absolute Gasteiger partial charge is 0.324 e. The number of urea groups is 1. The molecule has 0 saturated carbocycles. The molecule has 0 radical (unpaired) electrons. The van der Waals surface area contributed by atoms with Gasteiger partial charge in [-0.3, -0.25) is 9.69 Å². The monoisotopic (exact) mass is 316 g/mol. The molecule has 1 aromatic rings. The van der Waals surface area contributed by atoms with Gasteiger partial charge in [-0.25, -0.2) is 4.79 Å². The van der Waals surface area contributed by atoms with Gasteiger partial charge in [-0.2, -0.15) is 0 Å². The van der Waals surface area contributed by atoms with E-state index in [1.807, 2.05) is 13.1 Å². The topological polar surface area (TPSA) is 53.9 Å². The Bertz CT molecular complexity index is 536. The van der Waals surface area contributed by atoms with Crippen LogP contribution in [0.25, 0.3) is 0 Å². The molecule has 2 rings (SSSR count). The van der Waals surface area contributed by atoms with Gasteiger partial charge in [-0.05, 0) is 12.1 Å². The number of nitrogens with one attached hydrogen (secondary N) is 2. The average Bonchev–Trinajstić information content (AvgIpc) is 2.80. The minimum absolute atomic E-state index is 0.169. The Balaban J connectivity index is 1.91. The second kappa shape index (κ2) is 6.43. The summed E-state index contributed by atoms with van der Waals surface area (Å²) in [6.45, 7) is 1.86. The van der Waals surface area contributed by atoms with E-state index in [1.54, 1.807) is 12.1 Å². The van der Waals surface area contributed by atoms with E-state index in [-0.39, 0.29) is 18.5 Å². The second-order valence-corrected chi connectivity index (χ2v) is 5.65. The summed E-state index contributed by atoms with van der Waals surface area (Å²) in [5.41, 5.74) is 0.996. The fourth-order valence-corrected chi connectivity index (χ4v) is 2.44. The van der Waals surface area contributed by atoms with Crippen molar-refractivity contribution >= 4 is 35.1 Å². The van der Waals surface area contributed by atoms with E-state index in [4.69, 9.17) is 23.2 Å². The van der Waals surface area contributed by atoms with Crippen molar-refractivity contribution < 1.29 is 14.5 Å². The van der Waals surface area contributed by atoms with E-state index in [2.05, 4.69) is 5.32 Å². The Labute approximate surface area is 127 Å². The Morgan fingerprint density at radius 1 is 1.40 bits per heavy atom. The van der Waals surface area contributed by atoms with Crippen molar-refractivity contribution in [1.29, 1.82) is 0 Å². The van der Waals surface area contributed by atoms with E-state index < -0.39 is 0 Å². The van der Waals surface area contributed by atoms with Crippen LogP contribution in [-0.4, -0.2) is 43.5 Å². The maximum atomic E-state index is 12.0. The molecule has 0 bridgehead atoms. The Hall–Kier alpha value is -1.30. The van der Waals surface area contributed by atoms with Crippen molar-refractivity contribution in [3.8, 4) is 0 Å². The van der Waals surface area contributed by atoms with Crippen LogP contribution < -0.4 is 10.2 Å². The Morgan fingerprint density at radius 2 is 2.15 bits per heavy atom. The zero-order valence-corrected chi connectivity index (χ0v) is 12.6. The summed E-state index contributed by atoms with van der Waals surface area (Å²) < 4.78 is 0. The van der Waals surface area contributed by atoms with Crippen LogP contribution in [-0.2, 0) is 11.3 Å². The lowest BCUT2D eigenvalue weighted by Gasteiger charge is -2.17. The van der Waals surface area contributed by atoms with Crippen molar-refractivity contribution in [2.45, 2.75) is 6.54 Å². The van der Waals surface area contributed by atoms with E-state index in [9.17, 15) is 9.59 Å². The van der Waals surface area contributed by atoms with Crippen molar-refractivity contribution in [2.24, 2.45) is 0 Å². The van der Waals surface area contributed by atoms with Gasteiger partial charge < -0.3 is 10.2 Å². The van der Waals surface area contributed by atoms with E-state index in [0.29, 0.717) is 29.7 Å². The SMILES string of the molecule is C[NH+](CC(=O)N1CCNC1=O)Cc1ccc(Cl)c(Cl)c1. The van der Waals surface area contributed by atoms with Gasteiger partial charge in [0, 0.05) is 18.7 Å². The maximum Gasteiger partial charge on any atom is 0.324 e. The number of imide groups is 1. The van der Waals surface area contributed by atoms with Crippen LogP contribution in [0.2, 0.25) is 10.0 Å². The fraction of sp³-hybridized carbons (Fsp3) is 0.385. The molecule has 0 aromatic heterocycles. The molecule has 1 saturated heterocycles. The minimum Gasteiger partial charge on any atom is -0.336 e. The Morgan fingerprint density at radius 3 is 2.75 bits per heavy atom. The molecule has 1 aromatic carbocycles. The molecule has 2 N–H and O–H groups in total. The number of amides is 3. The summed E-state index contributed by atoms with van der Waals surface area (Å²) in [6, 6.07) is 5.10. The van der Waals surface area contributed by atoms with Crippen LogP contribution in [0.3, 0.4) is 0 Å². The lowest BCUT2D eigenvalue weighted by Crippen LogP contribution is -3.08. The number of benzene rings is 1. The highest BCUT2D eigenvalue weighted by Crippen LogP contribution is 2.22.